The molecule has 0 unspecified atom stereocenters. The fraction of sp³-hybridized carbons (Fsp3) is 0.277. The lowest BCUT2D eigenvalue weighted by molar-refractivity contribution is -0.127. The van der Waals surface area contributed by atoms with Gasteiger partial charge in [-0.05, 0) is 127 Å². The number of amides is 1. The topological polar surface area (TPSA) is 157 Å². The van der Waals surface area contributed by atoms with Crippen molar-refractivity contribution in [3.63, 3.8) is 0 Å². The summed E-state index contributed by atoms with van der Waals surface area (Å²) in [6, 6.07) is 43.3. The van der Waals surface area contributed by atoms with E-state index in [4.69, 9.17) is 19.9 Å². The van der Waals surface area contributed by atoms with E-state index in [0.717, 1.165) is 124 Å². The number of carbonyl (C=O) groups is 1. The number of benzene rings is 6. The molecule has 2 N–H and O–H groups in total. The van der Waals surface area contributed by atoms with Gasteiger partial charge in [-0.15, -0.1) is 0 Å². The number of fused-ring (bicyclic) bond motifs is 4. The molecular weight excluding hydrogens is 997 g/mol. The van der Waals surface area contributed by atoms with E-state index in [1.54, 1.807) is 0 Å². The van der Waals surface area contributed by atoms with E-state index in [0.29, 0.717) is 66.8 Å². The van der Waals surface area contributed by atoms with Crippen LogP contribution in [0, 0.1) is 0 Å². The van der Waals surface area contributed by atoms with Gasteiger partial charge in [0.05, 0.1) is 44.1 Å². The highest BCUT2D eigenvalue weighted by Gasteiger charge is 2.21. The number of aromatic amines is 2. The number of likely N-dealkylation sites (tertiary alicyclic amines) is 2. The molecule has 0 bridgehead atoms. The third-order valence-electron chi connectivity index (χ3n) is 15.7. The van der Waals surface area contributed by atoms with Gasteiger partial charge in [-0.1, -0.05) is 91.0 Å². The molecule has 15 heteroatoms. The molecule has 0 aliphatic carbocycles. The first-order chi connectivity index (χ1) is 39.0. The van der Waals surface area contributed by atoms with E-state index in [1.165, 1.54) is 12.8 Å². The van der Waals surface area contributed by atoms with E-state index in [1.807, 2.05) is 79.7 Å². The van der Waals surface area contributed by atoms with Gasteiger partial charge in [0.25, 0.3) is 11.1 Å². The maximum absolute atomic E-state index is 13.7. The fourth-order valence-corrected chi connectivity index (χ4v) is 11.3. The van der Waals surface area contributed by atoms with Crippen molar-refractivity contribution in [2.24, 2.45) is 0 Å². The second-order valence-electron chi connectivity index (χ2n) is 21.6. The summed E-state index contributed by atoms with van der Waals surface area (Å²) < 4.78 is 4.49. The average molecular weight is 1060 g/mol. The Morgan fingerprint density at radius 1 is 0.512 bits per heavy atom. The molecule has 2 fully saturated rings. The van der Waals surface area contributed by atoms with Gasteiger partial charge in [0.1, 0.15) is 23.0 Å². The highest BCUT2D eigenvalue weighted by Crippen LogP contribution is 2.27. The largest absolute Gasteiger partial charge is 0.378 e. The number of aryl methyl sites for hydroxylation is 1. The molecule has 2 aliphatic heterocycles. The second-order valence-corrected chi connectivity index (χ2v) is 21.6. The van der Waals surface area contributed by atoms with Gasteiger partial charge in [-0.3, -0.25) is 14.4 Å². The fourth-order valence-electron chi connectivity index (χ4n) is 11.3. The molecule has 80 heavy (non-hydrogen) atoms. The van der Waals surface area contributed by atoms with Crippen molar-refractivity contribution >= 4 is 85.7 Å². The van der Waals surface area contributed by atoms with Crippen LogP contribution >= 0.6 is 0 Å². The summed E-state index contributed by atoms with van der Waals surface area (Å²) in [5.74, 6) is 1.88. The average Bonchev–Trinajstić information content (AvgIpc) is 4.44. The van der Waals surface area contributed by atoms with Crippen molar-refractivity contribution in [3.8, 4) is 0 Å². The molecule has 0 saturated carbocycles. The number of nitrogens with one attached hydrogen (secondary N) is 2. The standard InChI is InChI=1S/C65H66N12O3/c1-72(2)49-23-17-44(18-24-49)21-27-61-68-55-39-51-53(41-59(55)76(61)33-11-32-75-31-10-16-63(75)78)67-58(65(80)71-51)38-47-14-9-15-48(36-47)43-73(3)50-25-19-45(20-26-50)22-28-62-69-56-40-52-54(42-60(56)77(62)35-34-74-29-7-8-30-74)66-57(64(79)70-52)37-46-12-5-4-6-13-46/h4-6,9,12-15,17-28,36,39-42H,7-8,10-11,16,29-35,37-38,43H2,1-3H3,(H,70,79)(H,71,80). The molecule has 2 saturated heterocycles. The summed E-state index contributed by atoms with van der Waals surface area (Å²) in [5.41, 5.74) is 14.3. The number of H-pyrrole nitrogens is 2. The molecule has 10 aromatic rings. The Hall–Kier alpha value is -8.95. The second kappa shape index (κ2) is 22.8. The minimum atomic E-state index is -0.222. The zero-order valence-corrected chi connectivity index (χ0v) is 45.7. The summed E-state index contributed by atoms with van der Waals surface area (Å²) in [6.07, 6.45) is 13.9. The number of rotatable bonds is 19. The molecule has 15 nitrogen and oxygen atoms in total. The third kappa shape index (κ3) is 11.5. The van der Waals surface area contributed by atoms with E-state index < -0.39 is 0 Å². The minimum Gasteiger partial charge on any atom is -0.378 e. The Morgan fingerprint density at radius 3 is 1.66 bits per heavy atom. The Morgan fingerprint density at radius 2 is 1.07 bits per heavy atom. The monoisotopic (exact) mass is 1060 g/mol. The maximum atomic E-state index is 13.7. The number of aromatic nitrogens is 8. The summed E-state index contributed by atoms with van der Waals surface area (Å²) in [4.78, 5) is 74.4. The third-order valence-corrected chi connectivity index (χ3v) is 15.7. The summed E-state index contributed by atoms with van der Waals surface area (Å²) >= 11 is 0. The molecule has 0 atom stereocenters. The highest BCUT2D eigenvalue weighted by molar-refractivity contribution is 5.94. The molecule has 0 spiro atoms. The van der Waals surface area contributed by atoms with Gasteiger partial charge < -0.3 is 38.7 Å². The number of hydrogen-bond acceptors (Lipinski definition) is 10. The van der Waals surface area contributed by atoms with Crippen molar-refractivity contribution in [3.05, 3.63) is 199 Å². The van der Waals surface area contributed by atoms with Crippen LogP contribution in [-0.2, 0) is 37.3 Å². The summed E-state index contributed by atoms with van der Waals surface area (Å²) in [6.45, 7) is 6.80. The van der Waals surface area contributed by atoms with E-state index in [9.17, 15) is 14.4 Å². The van der Waals surface area contributed by atoms with Crippen LogP contribution in [0.3, 0.4) is 0 Å². The Kier molecular flexibility index (Phi) is 14.8. The number of hydrogen-bond donors (Lipinski definition) is 2. The molecule has 12 rings (SSSR count). The predicted molar refractivity (Wildman–Crippen MR) is 323 cm³/mol. The molecule has 4 aromatic heterocycles. The smallest absolute Gasteiger partial charge is 0.270 e. The van der Waals surface area contributed by atoms with Gasteiger partial charge >= 0.3 is 0 Å². The lowest BCUT2D eigenvalue weighted by Crippen LogP contribution is -2.26. The van der Waals surface area contributed by atoms with Crippen molar-refractivity contribution in [1.29, 1.82) is 0 Å². The van der Waals surface area contributed by atoms with E-state index >= 15 is 0 Å². The molecular formula is C65H66N12O3. The van der Waals surface area contributed by atoms with E-state index in [2.05, 4.69) is 132 Å². The van der Waals surface area contributed by atoms with Gasteiger partial charge in [0.2, 0.25) is 5.91 Å². The van der Waals surface area contributed by atoms with Crippen LogP contribution in [0.2, 0.25) is 0 Å². The summed E-state index contributed by atoms with van der Waals surface area (Å²) in [5, 5.41) is 0. The molecule has 6 aromatic carbocycles. The van der Waals surface area contributed by atoms with Crippen molar-refractivity contribution in [1.82, 2.24) is 48.8 Å². The van der Waals surface area contributed by atoms with Crippen LogP contribution in [-0.4, -0.2) is 109 Å². The number of imidazole rings is 2. The van der Waals surface area contributed by atoms with Crippen LogP contribution < -0.4 is 20.9 Å². The Balaban J connectivity index is 0.747. The molecule has 6 heterocycles. The zero-order valence-electron chi connectivity index (χ0n) is 45.7. The number of carbonyl (C=O) groups excluding carboxylic acids is 1. The SMILES string of the molecule is CN(C)c1ccc(C=Cc2nc3cc4[nH]c(=O)c(Cc5cccc(CN(C)c6ccc(C=Cc7nc8cc9[nH]c(=O)c(Cc%10ccccc%10)nc9cc8n7CCN7CCCC7)cc6)c5)nc4cc3n2CCCN2CCCC2=O)cc1. The maximum Gasteiger partial charge on any atom is 0.270 e. The van der Waals surface area contributed by atoms with Crippen LogP contribution in [0.5, 0.6) is 0 Å². The van der Waals surface area contributed by atoms with Crippen molar-refractivity contribution < 1.29 is 4.79 Å². The van der Waals surface area contributed by atoms with Gasteiger partial charge in [0.15, 0.2) is 0 Å². The van der Waals surface area contributed by atoms with Crippen molar-refractivity contribution in [2.45, 2.75) is 64.6 Å². The molecule has 404 valence electrons. The number of nitrogens with zero attached hydrogens (tertiary/aromatic N) is 10. The van der Waals surface area contributed by atoms with Gasteiger partial charge in [-0.25, -0.2) is 19.9 Å². The lowest BCUT2D eigenvalue weighted by Gasteiger charge is -2.20. The van der Waals surface area contributed by atoms with Gasteiger partial charge in [-0.2, -0.15) is 0 Å². The van der Waals surface area contributed by atoms with Crippen LogP contribution in [0.1, 0.15) is 83.0 Å². The first-order valence-electron chi connectivity index (χ1n) is 28.0. The first-order valence-corrected chi connectivity index (χ1v) is 28.0. The highest BCUT2D eigenvalue weighted by atomic mass is 16.2. The quantitative estimate of drug-likeness (QED) is 0.0799. The summed E-state index contributed by atoms with van der Waals surface area (Å²) in [7, 11) is 6.15. The normalized spacial score (nSPS) is 14.2. The molecule has 0 radical (unpaired) electrons. The van der Waals surface area contributed by atoms with Crippen molar-refractivity contribution in [2.75, 3.05) is 63.7 Å². The number of anilines is 2. The van der Waals surface area contributed by atoms with Crippen LogP contribution in [0.4, 0.5) is 11.4 Å². The van der Waals surface area contributed by atoms with E-state index in [-0.39, 0.29) is 17.0 Å². The lowest BCUT2D eigenvalue weighted by atomic mass is 10.1. The van der Waals surface area contributed by atoms with Crippen LogP contribution in [0.15, 0.2) is 137 Å². The molecule has 1 amide bonds. The Labute approximate surface area is 464 Å². The molecule has 2 aliphatic rings. The predicted octanol–water partition coefficient (Wildman–Crippen LogP) is 10.2. The first kappa shape index (κ1) is 51.8. The van der Waals surface area contributed by atoms with Gasteiger partial charge in [0, 0.05) is 91.0 Å². The minimum absolute atomic E-state index is 0.181. The van der Waals surface area contributed by atoms with Crippen LogP contribution in [0.25, 0.3) is 68.4 Å². The Bertz CT molecular complexity index is 4070. The zero-order chi connectivity index (χ0) is 54.7.